The summed E-state index contributed by atoms with van der Waals surface area (Å²) in [6, 6.07) is 12.9. The number of aromatic nitrogens is 4. The summed E-state index contributed by atoms with van der Waals surface area (Å²) in [7, 11) is -4.87. The smallest absolute Gasteiger partial charge is 0.366 e. The van der Waals surface area contributed by atoms with Gasteiger partial charge in [0, 0.05) is 55.9 Å². The molecule has 0 atom stereocenters. The van der Waals surface area contributed by atoms with Crippen molar-refractivity contribution in [1.29, 1.82) is 0 Å². The molecule has 2 aromatic heterocycles. The SMILES string of the molecule is NS(=O)(=O)c1c(N2CCN(c3ncccn3)CC2)c(-c2ccccc2)cc(-c2ccncn2)c1C(F)(F)F. The number of anilines is 2. The zero-order valence-electron chi connectivity index (χ0n) is 19.9. The minimum Gasteiger partial charge on any atom is -0.366 e. The molecule has 0 radical (unpaired) electrons. The third-order valence-corrected chi connectivity index (χ3v) is 7.16. The Morgan fingerprint density at radius 1 is 0.816 bits per heavy atom. The van der Waals surface area contributed by atoms with E-state index < -0.39 is 32.2 Å². The van der Waals surface area contributed by atoms with Crippen molar-refractivity contribution in [2.45, 2.75) is 11.1 Å². The highest BCUT2D eigenvalue weighted by Crippen LogP contribution is 2.48. The number of primary sulfonamides is 1. The number of nitrogens with two attached hydrogens (primary N) is 1. The van der Waals surface area contributed by atoms with Crippen LogP contribution in [0.4, 0.5) is 24.8 Å². The van der Waals surface area contributed by atoms with Gasteiger partial charge in [-0.2, -0.15) is 13.2 Å². The van der Waals surface area contributed by atoms with Gasteiger partial charge in [0.2, 0.25) is 16.0 Å². The van der Waals surface area contributed by atoms with Crippen molar-refractivity contribution < 1.29 is 21.6 Å². The minimum atomic E-state index is -5.05. The van der Waals surface area contributed by atoms with E-state index in [0.717, 1.165) is 6.33 Å². The van der Waals surface area contributed by atoms with Crippen LogP contribution in [-0.4, -0.2) is 54.5 Å². The van der Waals surface area contributed by atoms with Gasteiger partial charge in [0.05, 0.1) is 16.9 Å². The summed E-state index contributed by atoms with van der Waals surface area (Å²) in [6.45, 7) is 1.14. The molecule has 1 aliphatic heterocycles. The van der Waals surface area contributed by atoms with Crippen molar-refractivity contribution in [3.63, 3.8) is 0 Å². The second-order valence-corrected chi connectivity index (χ2v) is 10.0. The fraction of sp³-hybridized carbons (Fsp3) is 0.200. The molecule has 1 saturated heterocycles. The predicted octanol–water partition coefficient (Wildman–Crippen LogP) is 3.59. The van der Waals surface area contributed by atoms with Crippen LogP contribution in [0.15, 0.2) is 78.3 Å². The lowest BCUT2D eigenvalue weighted by molar-refractivity contribution is -0.139. The normalized spacial score (nSPS) is 14.5. The first-order chi connectivity index (χ1) is 18.1. The summed E-state index contributed by atoms with van der Waals surface area (Å²) in [5.74, 6) is 0.484. The van der Waals surface area contributed by atoms with E-state index in [4.69, 9.17) is 5.14 Å². The monoisotopic (exact) mass is 541 g/mol. The number of rotatable bonds is 5. The number of alkyl halides is 3. The van der Waals surface area contributed by atoms with Crippen LogP contribution in [0.1, 0.15) is 5.56 Å². The summed E-state index contributed by atoms with van der Waals surface area (Å²) in [5.41, 5.74) is -1.11. The maximum absolute atomic E-state index is 14.7. The summed E-state index contributed by atoms with van der Waals surface area (Å²) in [6.07, 6.45) is 0.546. The average Bonchev–Trinajstić information content (AvgIpc) is 2.92. The molecular formula is C25H22F3N7O2S. The summed E-state index contributed by atoms with van der Waals surface area (Å²) < 4.78 is 70.1. The Labute approximate surface area is 216 Å². The van der Waals surface area contributed by atoms with Crippen LogP contribution in [0.2, 0.25) is 0 Å². The van der Waals surface area contributed by atoms with Gasteiger partial charge in [-0.1, -0.05) is 30.3 Å². The van der Waals surface area contributed by atoms with Gasteiger partial charge in [0.25, 0.3) is 0 Å². The van der Waals surface area contributed by atoms with Gasteiger partial charge in [0.15, 0.2) is 0 Å². The number of benzene rings is 2. The van der Waals surface area contributed by atoms with Gasteiger partial charge < -0.3 is 9.80 Å². The zero-order valence-corrected chi connectivity index (χ0v) is 20.7. The predicted molar refractivity (Wildman–Crippen MR) is 136 cm³/mol. The van der Waals surface area contributed by atoms with Crippen LogP contribution < -0.4 is 14.9 Å². The van der Waals surface area contributed by atoms with E-state index in [9.17, 15) is 21.6 Å². The molecule has 1 fully saturated rings. The van der Waals surface area contributed by atoms with Crippen molar-refractivity contribution in [2.24, 2.45) is 5.14 Å². The molecule has 5 rings (SSSR count). The first-order valence-electron chi connectivity index (χ1n) is 11.5. The molecule has 38 heavy (non-hydrogen) atoms. The standard InChI is InChI=1S/C25H22F3N7O2S/c26-25(27,28)21-19(20-7-10-30-16-33-20)15-18(17-5-2-1-3-6-17)22(23(21)38(29,36)37)34-11-13-35(14-12-34)24-31-8-4-9-32-24/h1-10,15-16H,11-14H2,(H2,29,36,37). The Bertz CT molecular complexity index is 1530. The van der Waals surface area contributed by atoms with Crippen molar-refractivity contribution in [2.75, 3.05) is 36.0 Å². The van der Waals surface area contributed by atoms with Crippen molar-refractivity contribution in [1.82, 2.24) is 19.9 Å². The van der Waals surface area contributed by atoms with E-state index in [0.29, 0.717) is 30.2 Å². The Hall–Kier alpha value is -4.10. The lowest BCUT2D eigenvalue weighted by atomic mass is 9.93. The first kappa shape index (κ1) is 25.5. The third-order valence-electron chi connectivity index (χ3n) is 6.20. The molecule has 0 spiro atoms. The lowest BCUT2D eigenvalue weighted by Gasteiger charge is -2.38. The lowest BCUT2D eigenvalue weighted by Crippen LogP contribution is -2.48. The highest BCUT2D eigenvalue weighted by atomic mass is 32.2. The van der Waals surface area contributed by atoms with E-state index in [2.05, 4.69) is 19.9 Å². The molecule has 13 heteroatoms. The molecule has 0 saturated carbocycles. The van der Waals surface area contributed by atoms with Crippen LogP contribution in [0, 0.1) is 0 Å². The highest BCUT2D eigenvalue weighted by molar-refractivity contribution is 7.89. The number of halogens is 3. The van der Waals surface area contributed by atoms with Crippen LogP contribution >= 0.6 is 0 Å². The number of nitrogens with zero attached hydrogens (tertiary/aromatic N) is 6. The Balaban J connectivity index is 1.76. The molecular weight excluding hydrogens is 519 g/mol. The van der Waals surface area contributed by atoms with E-state index >= 15 is 0 Å². The third kappa shape index (κ3) is 5.02. The quantitative estimate of drug-likeness (QED) is 0.407. The van der Waals surface area contributed by atoms with Crippen molar-refractivity contribution >= 4 is 21.7 Å². The van der Waals surface area contributed by atoms with Gasteiger partial charge in [-0.3, -0.25) is 0 Å². The van der Waals surface area contributed by atoms with Gasteiger partial charge in [-0.25, -0.2) is 33.5 Å². The summed E-state index contributed by atoms with van der Waals surface area (Å²) in [4.78, 5) is 18.8. The second-order valence-electron chi connectivity index (χ2n) is 8.55. The van der Waals surface area contributed by atoms with Crippen LogP contribution in [-0.2, 0) is 16.2 Å². The zero-order chi connectivity index (χ0) is 26.9. The highest BCUT2D eigenvalue weighted by Gasteiger charge is 2.43. The molecule has 0 amide bonds. The largest absolute Gasteiger partial charge is 0.418 e. The van der Waals surface area contributed by atoms with Gasteiger partial charge >= 0.3 is 6.18 Å². The summed E-state index contributed by atoms with van der Waals surface area (Å²) >= 11 is 0. The maximum Gasteiger partial charge on any atom is 0.418 e. The molecule has 1 aliphatic rings. The first-order valence-corrected chi connectivity index (χ1v) is 13.1. The van der Waals surface area contributed by atoms with Crippen LogP contribution in [0.3, 0.4) is 0 Å². The molecule has 0 unspecified atom stereocenters. The van der Waals surface area contributed by atoms with E-state index in [1.54, 1.807) is 53.7 Å². The van der Waals surface area contributed by atoms with Gasteiger partial charge in [-0.05, 0) is 23.8 Å². The van der Waals surface area contributed by atoms with Crippen LogP contribution in [0.5, 0.6) is 0 Å². The molecule has 2 N–H and O–H groups in total. The van der Waals surface area contributed by atoms with E-state index in [1.807, 2.05) is 4.90 Å². The second kappa shape index (κ2) is 9.99. The number of sulfonamides is 1. The molecule has 3 heterocycles. The minimum absolute atomic E-state index is 0.0769. The Morgan fingerprint density at radius 2 is 1.47 bits per heavy atom. The van der Waals surface area contributed by atoms with Gasteiger partial charge in [-0.15, -0.1) is 0 Å². The molecule has 9 nitrogen and oxygen atoms in total. The molecule has 196 valence electrons. The average molecular weight is 542 g/mol. The number of hydrogen-bond donors (Lipinski definition) is 1. The molecule has 0 bridgehead atoms. The van der Waals surface area contributed by atoms with E-state index in [1.165, 1.54) is 18.3 Å². The Morgan fingerprint density at radius 3 is 2.05 bits per heavy atom. The topological polar surface area (TPSA) is 118 Å². The number of piperazine rings is 1. The van der Waals surface area contributed by atoms with E-state index in [-0.39, 0.29) is 24.5 Å². The molecule has 2 aromatic carbocycles. The number of hydrogen-bond acceptors (Lipinski definition) is 8. The van der Waals surface area contributed by atoms with Crippen molar-refractivity contribution in [3.05, 3.63) is 79.0 Å². The molecule has 0 aliphatic carbocycles. The van der Waals surface area contributed by atoms with Crippen molar-refractivity contribution in [3.8, 4) is 22.4 Å². The fourth-order valence-corrected chi connectivity index (χ4v) is 5.61. The Kier molecular flexibility index (Phi) is 6.71. The fourth-order valence-electron chi connectivity index (χ4n) is 4.59. The van der Waals surface area contributed by atoms with Crippen LogP contribution in [0.25, 0.3) is 22.4 Å². The van der Waals surface area contributed by atoms with Gasteiger partial charge in [0.1, 0.15) is 11.2 Å². The molecule has 4 aromatic rings. The summed E-state index contributed by atoms with van der Waals surface area (Å²) in [5, 5.41) is 5.56. The maximum atomic E-state index is 14.7.